The van der Waals surface area contributed by atoms with E-state index in [9.17, 15) is 4.79 Å². The maximum atomic E-state index is 11.9. The molecule has 1 aliphatic rings. The number of hydrogen-bond acceptors (Lipinski definition) is 3. The van der Waals surface area contributed by atoms with Gasteiger partial charge in [0.05, 0.1) is 19.3 Å². The SMILES string of the molecule is CCN1CC(=O)N(c2cccc(OC)c2)C1=S. The van der Waals surface area contributed by atoms with Gasteiger partial charge in [-0.3, -0.25) is 9.69 Å². The summed E-state index contributed by atoms with van der Waals surface area (Å²) in [7, 11) is 1.60. The minimum absolute atomic E-state index is 0.00473. The quantitative estimate of drug-likeness (QED) is 0.764. The number of carbonyl (C=O) groups excluding carboxylic acids is 1. The predicted octanol–water partition coefficient (Wildman–Crippen LogP) is 1.65. The van der Waals surface area contributed by atoms with Crippen molar-refractivity contribution >= 4 is 28.9 Å². The van der Waals surface area contributed by atoms with E-state index in [0.29, 0.717) is 17.4 Å². The van der Waals surface area contributed by atoms with E-state index in [0.717, 1.165) is 12.2 Å². The number of carbonyl (C=O) groups is 1. The second kappa shape index (κ2) is 4.71. The van der Waals surface area contributed by atoms with Crippen LogP contribution in [0.3, 0.4) is 0 Å². The van der Waals surface area contributed by atoms with Crippen LogP contribution in [0.15, 0.2) is 24.3 Å². The number of benzene rings is 1. The van der Waals surface area contributed by atoms with Gasteiger partial charge in [-0.25, -0.2) is 0 Å². The molecule has 0 unspecified atom stereocenters. The third kappa shape index (κ3) is 2.10. The molecule has 0 aromatic heterocycles. The van der Waals surface area contributed by atoms with Gasteiger partial charge in [0.15, 0.2) is 5.11 Å². The van der Waals surface area contributed by atoms with Gasteiger partial charge in [0.2, 0.25) is 0 Å². The fourth-order valence-corrected chi connectivity index (χ4v) is 2.20. The van der Waals surface area contributed by atoms with Gasteiger partial charge in [-0.1, -0.05) is 6.07 Å². The number of anilines is 1. The summed E-state index contributed by atoms with van der Waals surface area (Å²) in [5.74, 6) is 0.721. The molecule has 0 atom stereocenters. The molecule has 0 saturated carbocycles. The van der Waals surface area contributed by atoms with Crippen molar-refractivity contribution in [3.05, 3.63) is 24.3 Å². The van der Waals surface area contributed by atoms with Crippen molar-refractivity contribution in [3.8, 4) is 5.75 Å². The van der Waals surface area contributed by atoms with E-state index in [2.05, 4.69) is 0 Å². The fraction of sp³-hybridized carbons (Fsp3) is 0.333. The molecule has 0 aliphatic carbocycles. The second-order valence-electron chi connectivity index (χ2n) is 3.73. The Morgan fingerprint density at radius 3 is 2.82 bits per heavy atom. The number of thiocarbonyl (C=S) groups is 1. The van der Waals surface area contributed by atoms with Crippen molar-refractivity contribution < 1.29 is 9.53 Å². The molecular weight excluding hydrogens is 236 g/mol. The lowest BCUT2D eigenvalue weighted by atomic mass is 10.3. The van der Waals surface area contributed by atoms with Gasteiger partial charge in [0.1, 0.15) is 5.75 Å². The Morgan fingerprint density at radius 2 is 2.24 bits per heavy atom. The average molecular weight is 250 g/mol. The van der Waals surface area contributed by atoms with Gasteiger partial charge in [-0.2, -0.15) is 0 Å². The van der Waals surface area contributed by atoms with Crippen molar-refractivity contribution in [2.75, 3.05) is 25.1 Å². The molecule has 0 bridgehead atoms. The monoisotopic (exact) mass is 250 g/mol. The van der Waals surface area contributed by atoms with Crippen LogP contribution in [-0.4, -0.2) is 36.1 Å². The van der Waals surface area contributed by atoms with Crippen LogP contribution in [0.2, 0.25) is 0 Å². The first-order valence-electron chi connectivity index (χ1n) is 5.43. The first-order chi connectivity index (χ1) is 8.17. The summed E-state index contributed by atoms with van der Waals surface area (Å²) < 4.78 is 5.14. The van der Waals surface area contributed by atoms with Crippen LogP contribution < -0.4 is 9.64 Å². The number of likely N-dealkylation sites (N-methyl/N-ethyl adjacent to an activating group) is 1. The molecule has 2 rings (SSSR count). The van der Waals surface area contributed by atoms with Crippen LogP contribution in [0, 0.1) is 0 Å². The zero-order valence-corrected chi connectivity index (χ0v) is 10.7. The van der Waals surface area contributed by atoms with Crippen molar-refractivity contribution in [2.45, 2.75) is 6.92 Å². The molecule has 17 heavy (non-hydrogen) atoms. The lowest BCUT2D eigenvalue weighted by Gasteiger charge is -2.19. The molecule has 0 N–H and O–H groups in total. The molecule has 1 aliphatic heterocycles. The number of rotatable bonds is 3. The van der Waals surface area contributed by atoms with Crippen LogP contribution in [-0.2, 0) is 4.79 Å². The molecule has 0 radical (unpaired) electrons. The first kappa shape index (κ1) is 11.9. The average Bonchev–Trinajstić information content (AvgIpc) is 2.64. The summed E-state index contributed by atoms with van der Waals surface area (Å²) in [6, 6.07) is 7.35. The van der Waals surface area contributed by atoms with Crippen molar-refractivity contribution in [1.82, 2.24) is 4.90 Å². The van der Waals surface area contributed by atoms with Gasteiger partial charge in [-0.05, 0) is 31.3 Å². The highest BCUT2D eigenvalue weighted by molar-refractivity contribution is 7.80. The predicted molar refractivity (Wildman–Crippen MR) is 70.3 cm³/mol. The minimum Gasteiger partial charge on any atom is -0.497 e. The maximum absolute atomic E-state index is 11.9. The Labute approximate surface area is 106 Å². The van der Waals surface area contributed by atoms with Gasteiger partial charge in [0.25, 0.3) is 5.91 Å². The third-order valence-electron chi connectivity index (χ3n) is 2.73. The fourth-order valence-electron chi connectivity index (χ4n) is 1.80. The molecular formula is C12H14N2O2S. The van der Waals surface area contributed by atoms with E-state index in [-0.39, 0.29) is 5.91 Å². The van der Waals surface area contributed by atoms with E-state index in [1.807, 2.05) is 36.1 Å². The Morgan fingerprint density at radius 1 is 1.47 bits per heavy atom. The Balaban J connectivity index is 2.33. The Bertz CT molecular complexity index is 462. The van der Waals surface area contributed by atoms with E-state index >= 15 is 0 Å². The van der Waals surface area contributed by atoms with E-state index < -0.39 is 0 Å². The van der Waals surface area contributed by atoms with Crippen molar-refractivity contribution in [1.29, 1.82) is 0 Å². The molecule has 1 aromatic rings. The molecule has 0 spiro atoms. The summed E-state index contributed by atoms with van der Waals surface area (Å²) >= 11 is 5.29. The highest BCUT2D eigenvalue weighted by Gasteiger charge is 2.32. The van der Waals surface area contributed by atoms with Gasteiger partial charge in [-0.15, -0.1) is 0 Å². The summed E-state index contributed by atoms with van der Waals surface area (Å²) in [4.78, 5) is 15.3. The molecule has 1 amide bonds. The number of nitrogens with zero attached hydrogens (tertiary/aromatic N) is 2. The number of amides is 1. The van der Waals surface area contributed by atoms with Gasteiger partial charge >= 0.3 is 0 Å². The maximum Gasteiger partial charge on any atom is 0.252 e. The number of ether oxygens (including phenoxy) is 1. The Kier molecular flexibility index (Phi) is 3.28. The largest absolute Gasteiger partial charge is 0.497 e. The topological polar surface area (TPSA) is 32.8 Å². The molecule has 1 fully saturated rings. The van der Waals surface area contributed by atoms with E-state index in [1.54, 1.807) is 12.0 Å². The standard InChI is InChI=1S/C12H14N2O2S/c1-3-13-8-11(15)14(12(13)17)9-5-4-6-10(7-9)16-2/h4-7H,3,8H2,1-2H3. The minimum atomic E-state index is 0.00473. The van der Waals surface area contributed by atoms with Crippen LogP contribution in [0.1, 0.15) is 6.92 Å². The summed E-state index contributed by atoms with van der Waals surface area (Å²) in [5, 5.41) is 0.561. The summed E-state index contributed by atoms with van der Waals surface area (Å²) in [6.45, 7) is 3.08. The zero-order chi connectivity index (χ0) is 12.4. The molecule has 1 aromatic carbocycles. The molecule has 4 nitrogen and oxygen atoms in total. The van der Waals surface area contributed by atoms with Crippen LogP contribution in [0.25, 0.3) is 0 Å². The summed E-state index contributed by atoms with van der Waals surface area (Å²) in [5.41, 5.74) is 0.760. The van der Waals surface area contributed by atoms with E-state index in [1.165, 1.54) is 0 Å². The Hall–Kier alpha value is -1.62. The van der Waals surface area contributed by atoms with Crippen LogP contribution in [0.5, 0.6) is 5.75 Å². The zero-order valence-electron chi connectivity index (χ0n) is 9.84. The van der Waals surface area contributed by atoms with Crippen LogP contribution in [0.4, 0.5) is 5.69 Å². The van der Waals surface area contributed by atoms with Gasteiger partial charge in [0, 0.05) is 12.6 Å². The highest BCUT2D eigenvalue weighted by Crippen LogP contribution is 2.25. The first-order valence-corrected chi connectivity index (χ1v) is 5.84. The number of methoxy groups -OCH3 is 1. The van der Waals surface area contributed by atoms with Crippen molar-refractivity contribution in [2.24, 2.45) is 0 Å². The normalized spacial score (nSPS) is 15.6. The number of hydrogen-bond donors (Lipinski definition) is 0. The molecule has 90 valence electrons. The molecule has 1 saturated heterocycles. The molecule has 1 heterocycles. The van der Waals surface area contributed by atoms with Crippen LogP contribution >= 0.6 is 12.2 Å². The van der Waals surface area contributed by atoms with Crippen molar-refractivity contribution in [3.63, 3.8) is 0 Å². The highest BCUT2D eigenvalue weighted by atomic mass is 32.1. The molecule has 5 heteroatoms. The lowest BCUT2D eigenvalue weighted by Crippen LogP contribution is -2.32. The lowest BCUT2D eigenvalue weighted by molar-refractivity contribution is -0.116. The summed E-state index contributed by atoms with van der Waals surface area (Å²) in [6.07, 6.45) is 0. The third-order valence-corrected chi connectivity index (χ3v) is 3.17. The second-order valence-corrected chi connectivity index (χ2v) is 4.09. The van der Waals surface area contributed by atoms with E-state index in [4.69, 9.17) is 17.0 Å². The van der Waals surface area contributed by atoms with Gasteiger partial charge < -0.3 is 9.64 Å². The smallest absolute Gasteiger partial charge is 0.252 e.